The van der Waals surface area contributed by atoms with Gasteiger partial charge in [0.25, 0.3) is 11.6 Å². The van der Waals surface area contributed by atoms with E-state index in [2.05, 4.69) is 5.32 Å². The van der Waals surface area contributed by atoms with Gasteiger partial charge in [-0.05, 0) is 55.5 Å². The molecule has 1 saturated heterocycles. The molecule has 26 heavy (non-hydrogen) atoms. The lowest BCUT2D eigenvalue weighted by molar-refractivity contribution is -0.385. The van der Waals surface area contributed by atoms with Gasteiger partial charge < -0.3 is 10.1 Å². The van der Waals surface area contributed by atoms with Gasteiger partial charge in [-0.3, -0.25) is 19.8 Å². The van der Waals surface area contributed by atoms with Gasteiger partial charge in [0.05, 0.1) is 22.8 Å². The van der Waals surface area contributed by atoms with Gasteiger partial charge in [0.2, 0.25) is 0 Å². The molecule has 0 aromatic heterocycles. The monoisotopic (exact) mass is 369 g/mol. The van der Waals surface area contributed by atoms with E-state index in [4.69, 9.17) is 17.0 Å². The zero-order valence-corrected chi connectivity index (χ0v) is 14.7. The number of nitrogens with one attached hydrogen (secondary N) is 1. The van der Waals surface area contributed by atoms with E-state index >= 15 is 0 Å². The number of hydrogen-bond acceptors (Lipinski definition) is 5. The zero-order valence-electron chi connectivity index (χ0n) is 13.8. The number of amides is 1. The average Bonchev–Trinajstić information content (AvgIpc) is 2.90. The van der Waals surface area contributed by atoms with Crippen LogP contribution in [0.15, 0.2) is 54.2 Å². The number of benzene rings is 2. The fraction of sp³-hybridized carbons (Fsp3) is 0.111. The summed E-state index contributed by atoms with van der Waals surface area (Å²) in [7, 11) is 0. The Bertz CT molecular complexity index is 909. The van der Waals surface area contributed by atoms with Crippen molar-refractivity contribution in [2.75, 3.05) is 11.5 Å². The molecule has 0 spiro atoms. The summed E-state index contributed by atoms with van der Waals surface area (Å²) in [5.74, 6) is 0.315. The number of carbonyl (C=O) groups is 1. The Kier molecular flexibility index (Phi) is 4.94. The molecule has 0 unspecified atom stereocenters. The Hall–Kier alpha value is -3.26. The normalized spacial score (nSPS) is 15.3. The minimum absolute atomic E-state index is 0.0833. The summed E-state index contributed by atoms with van der Waals surface area (Å²) in [6.07, 6.45) is 1.43. The number of hydrogen-bond donors (Lipinski definition) is 1. The molecule has 0 aliphatic carbocycles. The van der Waals surface area contributed by atoms with Crippen molar-refractivity contribution in [3.8, 4) is 5.75 Å². The number of nitrogens with zero attached hydrogens (tertiary/aromatic N) is 2. The number of thiocarbonyl (C=S) groups is 1. The highest BCUT2D eigenvalue weighted by Crippen LogP contribution is 2.26. The summed E-state index contributed by atoms with van der Waals surface area (Å²) in [4.78, 5) is 24.7. The molecule has 8 heteroatoms. The SMILES string of the molecule is CCOc1ccc(N2C(=O)/C(=C\c3ccccc3[N+](=O)[O-])NC2=S)cc1. The summed E-state index contributed by atoms with van der Waals surface area (Å²) in [6.45, 7) is 2.43. The fourth-order valence-corrected chi connectivity index (χ4v) is 2.86. The lowest BCUT2D eigenvalue weighted by Gasteiger charge is -2.14. The number of anilines is 1. The Morgan fingerprint density at radius 3 is 2.58 bits per heavy atom. The minimum atomic E-state index is -0.492. The first-order valence-corrected chi connectivity index (χ1v) is 8.25. The zero-order chi connectivity index (χ0) is 18.7. The summed E-state index contributed by atoms with van der Waals surface area (Å²) in [6, 6.07) is 13.1. The Labute approximate surface area is 155 Å². The molecule has 1 N–H and O–H groups in total. The lowest BCUT2D eigenvalue weighted by Crippen LogP contribution is -2.30. The second kappa shape index (κ2) is 7.32. The van der Waals surface area contributed by atoms with Gasteiger partial charge in [-0.25, -0.2) is 0 Å². The predicted octanol–water partition coefficient (Wildman–Crippen LogP) is 3.26. The van der Waals surface area contributed by atoms with Gasteiger partial charge in [-0.1, -0.05) is 12.1 Å². The topological polar surface area (TPSA) is 84.7 Å². The maximum Gasteiger partial charge on any atom is 0.281 e. The molecule has 0 saturated carbocycles. The molecule has 7 nitrogen and oxygen atoms in total. The van der Waals surface area contributed by atoms with Crippen LogP contribution in [0.25, 0.3) is 6.08 Å². The van der Waals surface area contributed by atoms with Crippen molar-refractivity contribution in [1.29, 1.82) is 0 Å². The summed E-state index contributed by atoms with van der Waals surface area (Å²) in [5.41, 5.74) is 1.00. The van der Waals surface area contributed by atoms with Gasteiger partial charge in [0.1, 0.15) is 11.4 Å². The van der Waals surface area contributed by atoms with E-state index in [1.807, 2.05) is 6.92 Å². The molecular formula is C18H15N3O4S. The van der Waals surface area contributed by atoms with Gasteiger partial charge in [-0.15, -0.1) is 0 Å². The van der Waals surface area contributed by atoms with Crippen LogP contribution in [0.3, 0.4) is 0 Å². The fourth-order valence-electron chi connectivity index (χ4n) is 2.56. The molecule has 1 amide bonds. The molecular weight excluding hydrogens is 354 g/mol. The van der Waals surface area contributed by atoms with E-state index in [1.54, 1.807) is 42.5 Å². The third-order valence-corrected chi connectivity index (χ3v) is 4.00. The molecule has 0 bridgehead atoms. The van der Waals surface area contributed by atoms with Gasteiger partial charge >= 0.3 is 0 Å². The standard InChI is InChI=1S/C18H15N3O4S/c1-2-25-14-9-7-13(8-10-14)20-17(22)15(19-18(20)26)11-12-5-3-4-6-16(12)21(23)24/h3-11H,2H2,1H3,(H,19,26)/b15-11+. The Balaban J connectivity index is 1.91. The number of nitro benzene ring substituents is 1. The number of carbonyl (C=O) groups excluding carboxylic acids is 1. The summed E-state index contributed by atoms with van der Waals surface area (Å²) in [5, 5.41) is 14.2. The van der Waals surface area contributed by atoms with Crippen LogP contribution in [0.1, 0.15) is 12.5 Å². The Morgan fingerprint density at radius 2 is 1.92 bits per heavy atom. The molecule has 132 valence electrons. The van der Waals surface area contributed by atoms with Gasteiger partial charge in [0.15, 0.2) is 5.11 Å². The van der Waals surface area contributed by atoms with Crippen molar-refractivity contribution in [1.82, 2.24) is 5.32 Å². The summed E-state index contributed by atoms with van der Waals surface area (Å²) >= 11 is 5.25. The van der Waals surface area contributed by atoms with E-state index in [1.165, 1.54) is 17.0 Å². The van der Waals surface area contributed by atoms with Crippen molar-refractivity contribution in [2.45, 2.75) is 6.92 Å². The van der Waals surface area contributed by atoms with Gasteiger partial charge in [0, 0.05) is 6.07 Å². The van der Waals surface area contributed by atoms with E-state index in [0.29, 0.717) is 23.6 Å². The van der Waals surface area contributed by atoms with E-state index in [-0.39, 0.29) is 22.4 Å². The molecule has 2 aromatic rings. The quantitative estimate of drug-likeness (QED) is 0.377. The third-order valence-electron chi connectivity index (χ3n) is 3.72. The van der Waals surface area contributed by atoms with Crippen LogP contribution >= 0.6 is 12.2 Å². The minimum Gasteiger partial charge on any atom is -0.494 e. The van der Waals surface area contributed by atoms with Crippen LogP contribution in [-0.2, 0) is 4.79 Å². The van der Waals surface area contributed by atoms with Crippen molar-refractivity contribution in [2.24, 2.45) is 0 Å². The highest BCUT2D eigenvalue weighted by atomic mass is 32.1. The van der Waals surface area contributed by atoms with E-state index < -0.39 is 4.92 Å². The highest BCUT2D eigenvalue weighted by molar-refractivity contribution is 7.80. The predicted molar refractivity (Wildman–Crippen MR) is 102 cm³/mol. The maximum absolute atomic E-state index is 12.7. The van der Waals surface area contributed by atoms with Crippen molar-refractivity contribution < 1.29 is 14.5 Å². The first kappa shape index (κ1) is 17.6. The average molecular weight is 369 g/mol. The van der Waals surface area contributed by atoms with Crippen LogP contribution in [-0.4, -0.2) is 22.5 Å². The second-order valence-electron chi connectivity index (χ2n) is 5.37. The molecule has 1 fully saturated rings. The molecule has 2 aromatic carbocycles. The molecule has 1 heterocycles. The van der Waals surface area contributed by atoms with E-state index in [0.717, 1.165) is 0 Å². The first-order valence-electron chi connectivity index (χ1n) is 7.84. The molecule has 3 rings (SSSR count). The summed E-state index contributed by atoms with van der Waals surface area (Å²) < 4.78 is 5.39. The van der Waals surface area contributed by atoms with Crippen molar-refractivity contribution >= 4 is 40.7 Å². The maximum atomic E-state index is 12.7. The largest absolute Gasteiger partial charge is 0.494 e. The highest BCUT2D eigenvalue weighted by Gasteiger charge is 2.32. The molecule has 0 atom stereocenters. The van der Waals surface area contributed by atoms with Crippen LogP contribution < -0.4 is 15.0 Å². The molecule has 0 radical (unpaired) electrons. The van der Waals surface area contributed by atoms with Crippen molar-refractivity contribution in [3.63, 3.8) is 0 Å². The number of rotatable bonds is 5. The first-order chi connectivity index (χ1) is 12.5. The van der Waals surface area contributed by atoms with E-state index in [9.17, 15) is 14.9 Å². The third kappa shape index (κ3) is 3.40. The number of para-hydroxylation sites is 1. The van der Waals surface area contributed by atoms with Crippen molar-refractivity contribution in [3.05, 3.63) is 69.9 Å². The number of nitro groups is 1. The smallest absolute Gasteiger partial charge is 0.281 e. The van der Waals surface area contributed by atoms with Crippen LogP contribution in [0.4, 0.5) is 11.4 Å². The molecule has 1 aliphatic heterocycles. The second-order valence-corrected chi connectivity index (χ2v) is 5.76. The number of ether oxygens (including phenoxy) is 1. The Morgan fingerprint density at radius 1 is 1.23 bits per heavy atom. The van der Waals surface area contributed by atoms with Crippen LogP contribution in [0.2, 0.25) is 0 Å². The van der Waals surface area contributed by atoms with Crippen LogP contribution in [0.5, 0.6) is 5.75 Å². The van der Waals surface area contributed by atoms with Crippen LogP contribution in [0, 0.1) is 10.1 Å². The van der Waals surface area contributed by atoms with Gasteiger partial charge in [-0.2, -0.15) is 0 Å². The lowest BCUT2D eigenvalue weighted by atomic mass is 10.1. The molecule has 1 aliphatic rings.